The van der Waals surface area contributed by atoms with Gasteiger partial charge < -0.3 is 4.57 Å². The number of nitrogens with zero attached hydrogens (tertiary/aromatic N) is 5. The number of hydrogen-bond acceptors (Lipinski definition) is 3. The third-order valence-corrected chi connectivity index (χ3v) is 4.07. The fraction of sp³-hybridized carbons (Fsp3) is 0.167. The van der Waals surface area contributed by atoms with E-state index in [1.54, 1.807) is 24.5 Å². The van der Waals surface area contributed by atoms with E-state index in [2.05, 4.69) is 21.9 Å². The van der Waals surface area contributed by atoms with Crippen molar-refractivity contribution in [2.75, 3.05) is 0 Å². The SMILES string of the molecule is CCc1c(Cn2ccnc2-c2ccccc2F)nc2ncccn12. The molecule has 4 rings (SSSR count). The van der Waals surface area contributed by atoms with E-state index in [4.69, 9.17) is 0 Å². The summed E-state index contributed by atoms with van der Waals surface area (Å²) in [4.78, 5) is 13.3. The summed E-state index contributed by atoms with van der Waals surface area (Å²) >= 11 is 0. The van der Waals surface area contributed by atoms with E-state index in [0.29, 0.717) is 23.7 Å². The zero-order valence-electron chi connectivity index (χ0n) is 13.2. The molecule has 6 heteroatoms. The Bertz CT molecular complexity index is 1000. The molecule has 0 saturated heterocycles. The molecule has 3 aromatic heterocycles. The van der Waals surface area contributed by atoms with Crippen LogP contribution in [0.2, 0.25) is 0 Å². The van der Waals surface area contributed by atoms with Crippen LogP contribution in [0.15, 0.2) is 55.1 Å². The van der Waals surface area contributed by atoms with Gasteiger partial charge in [-0.15, -0.1) is 0 Å². The Balaban J connectivity index is 1.78. The third kappa shape index (κ3) is 2.36. The van der Waals surface area contributed by atoms with Crippen molar-refractivity contribution in [3.05, 3.63) is 72.3 Å². The molecule has 0 atom stereocenters. The minimum absolute atomic E-state index is 0.280. The number of imidazole rings is 2. The smallest absolute Gasteiger partial charge is 0.234 e. The van der Waals surface area contributed by atoms with Crippen LogP contribution in [-0.2, 0) is 13.0 Å². The summed E-state index contributed by atoms with van der Waals surface area (Å²) in [5.74, 6) is 0.995. The van der Waals surface area contributed by atoms with Gasteiger partial charge in [0.25, 0.3) is 0 Å². The molecule has 0 radical (unpaired) electrons. The van der Waals surface area contributed by atoms with Gasteiger partial charge in [-0.1, -0.05) is 19.1 Å². The van der Waals surface area contributed by atoms with Gasteiger partial charge in [-0.25, -0.2) is 19.3 Å². The Labute approximate surface area is 138 Å². The molecule has 0 saturated carbocycles. The second-order valence-electron chi connectivity index (χ2n) is 5.51. The van der Waals surface area contributed by atoms with Gasteiger partial charge in [0.05, 0.1) is 17.8 Å². The largest absolute Gasteiger partial charge is 0.325 e. The second-order valence-corrected chi connectivity index (χ2v) is 5.51. The third-order valence-electron chi connectivity index (χ3n) is 4.07. The molecule has 0 spiro atoms. The quantitative estimate of drug-likeness (QED) is 0.579. The molecule has 3 heterocycles. The van der Waals surface area contributed by atoms with E-state index in [-0.39, 0.29) is 5.82 Å². The Morgan fingerprint density at radius 1 is 1.04 bits per heavy atom. The lowest BCUT2D eigenvalue weighted by atomic mass is 10.2. The Morgan fingerprint density at radius 3 is 2.75 bits per heavy atom. The highest BCUT2D eigenvalue weighted by molar-refractivity contribution is 5.56. The lowest BCUT2D eigenvalue weighted by Gasteiger charge is -2.08. The first kappa shape index (κ1) is 14.6. The first-order valence-corrected chi connectivity index (χ1v) is 7.84. The van der Waals surface area contributed by atoms with Crippen LogP contribution >= 0.6 is 0 Å². The van der Waals surface area contributed by atoms with Crippen molar-refractivity contribution in [2.24, 2.45) is 0 Å². The van der Waals surface area contributed by atoms with Crippen LogP contribution in [0, 0.1) is 5.82 Å². The van der Waals surface area contributed by atoms with Crippen LogP contribution in [0.4, 0.5) is 4.39 Å². The Kier molecular flexibility index (Phi) is 3.57. The molecule has 4 aromatic rings. The summed E-state index contributed by atoms with van der Waals surface area (Å²) in [6.07, 6.45) is 8.06. The second kappa shape index (κ2) is 5.88. The number of hydrogen-bond donors (Lipinski definition) is 0. The molecule has 120 valence electrons. The molecule has 0 fully saturated rings. The summed E-state index contributed by atoms with van der Waals surface area (Å²) in [5.41, 5.74) is 2.51. The zero-order valence-corrected chi connectivity index (χ0v) is 13.2. The Morgan fingerprint density at radius 2 is 1.92 bits per heavy atom. The van der Waals surface area contributed by atoms with Gasteiger partial charge in [-0.3, -0.25) is 4.40 Å². The van der Waals surface area contributed by atoms with Gasteiger partial charge in [-0.05, 0) is 24.6 Å². The molecule has 0 bridgehead atoms. The van der Waals surface area contributed by atoms with Crippen LogP contribution in [0.1, 0.15) is 18.3 Å². The first-order valence-electron chi connectivity index (χ1n) is 7.84. The summed E-state index contributed by atoms with van der Waals surface area (Å²) in [5, 5.41) is 0. The summed E-state index contributed by atoms with van der Waals surface area (Å²) in [6, 6.07) is 8.55. The van der Waals surface area contributed by atoms with Gasteiger partial charge in [0.1, 0.15) is 11.6 Å². The minimum Gasteiger partial charge on any atom is -0.325 e. The minimum atomic E-state index is -0.280. The molecule has 0 N–H and O–H groups in total. The van der Waals surface area contributed by atoms with Crippen molar-refractivity contribution >= 4 is 5.78 Å². The highest BCUT2D eigenvalue weighted by atomic mass is 19.1. The van der Waals surface area contributed by atoms with Crippen LogP contribution in [0.5, 0.6) is 0 Å². The van der Waals surface area contributed by atoms with Gasteiger partial charge >= 0.3 is 0 Å². The van der Waals surface area contributed by atoms with Gasteiger partial charge in [0.15, 0.2) is 0 Å². The number of aromatic nitrogens is 5. The maximum absolute atomic E-state index is 14.1. The first-order chi connectivity index (χ1) is 11.8. The van der Waals surface area contributed by atoms with Crippen molar-refractivity contribution < 1.29 is 4.39 Å². The normalized spacial score (nSPS) is 11.2. The highest BCUT2D eigenvalue weighted by Gasteiger charge is 2.15. The predicted molar refractivity (Wildman–Crippen MR) is 89.1 cm³/mol. The Hall–Kier alpha value is -3.02. The van der Waals surface area contributed by atoms with E-state index in [0.717, 1.165) is 17.8 Å². The molecule has 0 aliphatic carbocycles. The molecule has 24 heavy (non-hydrogen) atoms. The standard InChI is InChI=1S/C18H16FN5/c1-2-16-15(22-18-21-8-5-10-24(16)18)12-23-11-9-20-17(23)13-6-3-4-7-14(13)19/h3-11H,2,12H2,1H3. The molecular formula is C18H16FN5. The number of aryl methyl sites for hydroxylation is 1. The average molecular weight is 321 g/mol. The molecule has 0 amide bonds. The van der Waals surface area contributed by atoms with E-state index in [9.17, 15) is 4.39 Å². The fourth-order valence-corrected chi connectivity index (χ4v) is 2.97. The van der Waals surface area contributed by atoms with E-state index in [1.165, 1.54) is 6.07 Å². The van der Waals surface area contributed by atoms with E-state index < -0.39 is 0 Å². The number of benzene rings is 1. The van der Waals surface area contributed by atoms with Crippen molar-refractivity contribution in [3.63, 3.8) is 0 Å². The lowest BCUT2D eigenvalue weighted by molar-refractivity contribution is 0.627. The topological polar surface area (TPSA) is 48.0 Å². The summed E-state index contributed by atoms with van der Waals surface area (Å²) in [7, 11) is 0. The van der Waals surface area contributed by atoms with E-state index in [1.807, 2.05) is 33.5 Å². The maximum Gasteiger partial charge on any atom is 0.234 e. The van der Waals surface area contributed by atoms with Crippen LogP contribution in [-0.4, -0.2) is 23.9 Å². The maximum atomic E-state index is 14.1. The lowest BCUT2D eigenvalue weighted by Crippen LogP contribution is -2.05. The monoisotopic (exact) mass is 321 g/mol. The van der Waals surface area contributed by atoms with Crippen molar-refractivity contribution in [3.8, 4) is 11.4 Å². The van der Waals surface area contributed by atoms with Crippen molar-refractivity contribution in [1.82, 2.24) is 23.9 Å². The van der Waals surface area contributed by atoms with Crippen LogP contribution in [0.25, 0.3) is 17.2 Å². The number of fused-ring (bicyclic) bond motifs is 1. The molecule has 0 unspecified atom stereocenters. The zero-order chi connectivity index (χ0) is 16.5. The molecule has 0 aliphatic rings. The van der Waals surface area contributed by atoms with Crippen molar-refractivity contribution in [1.29, 1.82) is 0 Å². The number of rotatable bonds is 4. The van der Waals surface area contributed by atoms with Crippen LogP contribution < -0.4 is 0 Å². The molecule has 0 aliphatic heterocycles. The molecule has 1 aromatic carbocycles. The number of halogens is 1. The van der Waals surface area contributed by atoms with Gasteiger partial charge in [0.2, 0.25) is 5.78 Å². The highest BCUT2D eigenvalue weighted by Crippen LogP contribution is 2.22. The average Bonchev–Trinajstić information content (AvgIpc) is 3.19. The van der Waals surface area contributed by atoms with Crippen LogP contribution in [0.3, 0.4) is 0 Å². The summed E-state index contributed by atoms with van der Waals surface area (Å²) in [6.45, 7) is 2.61. The molecule has 5 nitrogen and oxygen atoms in total. The molecular weight excluding hydrogens is 305 g/mol. The van der Waals surface area contributed by atoms with E-state index >= 15 is 0 Å². The van der Waals surface area contributed by atoms with Gasteiger partial charge in [0, 0.05) is 30.5 Å². The van der Waals surface area contributed by atoms with Crippen molar-refractivity contribution in [2.45, 2.75) is 19.9 Å². The predicted octanol–water partition coefficient (Wildman–Crippen LogP) is 3.34. The summed E-state index contributed by atoms with van der Waals surface area (Å²) < 4.78 is 18.0. The fourth-order valence-electron chi connectivity index (χ4n) is 2.97. The van der Waals surface area contributed by atoms with Gasteiger partial charge in [-0.2, -0.15) is 0 Å².